The highest BCUT2D eigenvalue weighted by Crippen LogP contribution is 2.34. The van der Waals surface area contributed by atoms with Crippen molar-refractivity contribution < 1.29 is 19.4 Å². The number of carbonyl (C=O) groups is 1. The lowest BCUT2D eigenvalue weighted by Crippen LogP contribution is -2.41. The molecular weight excluding hydrogens is 362 g/mol. The second kappa shape index (κ2) is 10.2. The van der Waals surface area contributed by atoms with Crippen LogP contribution in [0.4, 0.5) is 0 Å². The molecule has 1 fully saturated rings. The first-order valence-electron chi connectivity index (χ1n) is 10.1. The molecule has 1 saturated carbocycles. The zero-order chi connectivity index (χ0) is 19.1. The van der Waals surface area contributed by atoms with Gasteiger partial charge in [-0.05, 0) is 54.1 Å². The van der Waals surface area contributed by atoms with E-state index in [0.29, 0.717) is 31.2 Å². The summed E-state index contributed by atoms with van der Waals surface area (Å²) in [6, 6.07) is 2.41. The van der Waals surface area contributed by atoms with E-state index in [4.69, 9.17) is 14.6 Å². The van der Waals surface area contributed by atoms with E-state index in [2.05, 4.69) is 16.8 Å². The summed E-state index contributed by atoms with van der Waals surface area (Å²) < 4.78 is 11.8. The number of allylic oxidation sites excluding steroid dienone is 1. The number of aliphatic hydroxyl groups is 1. The van der Waals surface area contributed by atoms with Gasteiger partial charge in [0.2, 0.25) is 6.29 Å². The lowest BCUT2D eigenvalue weighted by molar-refractivity contribution is -0.153. The van der Waals surface area contributed by atoms with Crippen LogP contribution in [-0.4, -0.2) is 48.5 Å². The van der Waals surface area contributed by atoms with Gasteiger partial charge in [0.25, 0.3) is 5.91 Å². The average Bonchev–Trinajstić information content (AvgIpc) is 3.25. The van der Waals surface area contributed by atoms with Crippen molar-refractivity contribution in [3.63, 3.8) is 0 Å². The van der Waals surface area contributed by atoms with E-state index < -0.39 is 6.29 Å². The third-order valence-electron chi connectivity index (χ3n) is 5.54. The molecule has 0 radical (unpaired) electrons. The van der Waals surface area contributed by atoms with E-state index in [0.717, 1.165) is 19.3 Å². The third kappa shape index (κ3) is 5.56. The molecule has 2 atom stereocenters. The van der Waals surface area contributed by atoms with Crippen LogP contribution in [0.3, 0.4) is 0 Å². The Balaban J connectivity index is 1.69. The number of unbranched alkanes of at least 4 members (excludes halogenated alkanes) is 1. The zero-order valence-corrected chi connectivity index (χ0v) is 17.0. The van der Waals surface area contributed by atoms with E-state index in [1.807, 2.05) is 18.0 Å². The quantitative estimate of drug-likeness (QED) is 0.677. The lowest BCUT2D eigenvalue weighted by atomic mass is 9.93. The summed E-state index contributed by atoms with van der Waals surface area (Å²) >= 11 is 1.66. The number of hydrogen-bond donors (Lipinski definition) is 1. The van der Waals surface area contributed by atoms with Crippen molar-refractivity contribution in [3.05, 3.63) is 34.2 Å². The first kappa shape index (κ1) is 20.4. The van der Waals surface area contributed by atoms with Gasteiger partial charge in [0.05, 0.1) is 6.61 Å². The van der Waals surface area contributed by atoms with Crippen molar-refractivity contribution in [2.24, 2.45) is 0 Å². The molecule has 2 aliphatic rings. The van der Waals surface area contributed by atoms with Gasteiger partial charge in [-0.1, -0.05) is 19.3 Å². The molecule has 27 heavy (non-hydrogen) atoms. The van der Waals surface area contributed by atoms with Crippen LogP contribution in [0.2, 0.25) is 0 Å². The summed E-state index contributed by atoms with van der Waals surface area (Å²) in [5.41, 5.74) is 1.21. The van der Waals surface area contributed by atoms with Gasteiger partial charge in [-0.3, -0.25) is 4.79 Å². The number of rotatable bonds is 8. The normalized spacial score (nSPS) is 23.6. The number of ether oxygens (including phenoxy) is 2. The molecule has 1 N–H and O–H groups in total. The Kier molecular flexibility index (Phi) is 7.73. The topological polar surface area (TPSA) is 59.0 Å². The number of amides is 1. The van der Waals surface area contributed by atoms with Gasteiger partial charge in [-0.25, -0.2) is 0 Å². The maximum atomic E-state index is 13.1. The van der Waals surface area contributed by atoms with Crippen molar-refractivity contribution in [2.45, 2.75) is 69.6 Å². The third-order valence-corrected chi connectivity index (χ3v) is 6.24. The van der Waals surface area contributed by atoms with Crippen LogP contribution < -0.4 is 0 Å². The molecule has 5 nitrogen and oxygen atoms in total. The molecule has 6 heteroatoms. The van der Waals surface area contributed by atoms with Gasteiger partial charge in [0.1, 0.15) is 0 Å². The Morgan fingerprint density at radius 1 is 1.33 bits per heavy atom. The van der Waals surface area contributed by atoms with Crippen LogP contribution in [0.15, 0.2) is 28.7 Å². The van der Waals surface area contributed by atoms with Gasteiger partial charge in [0.15, 0.2) is 5.76 Å². The van der Waals surface area contributed by atoms with E-state index in [9.17, 15) is 4.79 Å². The van der Waals surface area contributed by atoms with Crippen LogP contribution in [0.5, 0.6) is 0 Å². The van der Waals surface area contributed by atoms with Crippen LogP contribution in [-0.2, 0) is 14.3 Å². The van der Waals surface area contributed by atoms with Crippen LogP contribution in [0.25, 0.3) is 0 Å². The van der Waals surface area contributed by atoms with Gasteiger partial charge >= 0.3 is 0 Å². The summed E-state index contributed by atoms with van der Waals surface area (Å²) in [6.07, 6.45) is 9.55. The van der Waals surface area contributed by atoms with Crippen molar-refractivity contribution in [1.29, 1.82) is 0 Å². The summed E-state index contributed by atoms with van der Waals surface area (Å²) in [4.78, 5) is 14.9. The van der Waals surface area contributed by atoms with Crippen molar-refractivity contribution >= 4 is 17.2 Å². The van der Waals surface area contributed by atoms with E-state index in [1.165, 1.54) is 24.8 Å². The molecule has 0 bridgehead atoms. The molecule has 1 aliphatic heterocycles. The molecule has 1 amide bonds. The predicted octanol–water partition coefficient (Wildman–Crippen LogP) is 4.04. The Labute approximate surface area is 166 Å². The second-order valence-electron chi connectivity index (χ2n) is 7.49. The standard InChI is InChI=1S/C21H31NO4S/c1-22(18-7-3-2-4-8-18)21(24)19-13-17(16-9-12-27-15-16)14-20(26-19)25-11-6-5-10-23/h9,12-13,15,17-18,20,23H,2-8,10-11,14H2,1H3. The van der Waals surface area contributed by atoms with Crippen molar-refractivity contribution in [2.75, 3.05) is 20.3 Å². The fourth-order valence-electron chi connectivity index (χ4n) is 3.87. The highest BCUT2D eigenvalue weighted by Gasteiger charge is 2.32. The first-order valence-corrected chi connectivity index (χ1v) is 11.0. The molecule has 1 aliphatic carbocycles. The van der Waals surface area contributed by atoms with E-state index in [-0.39, 0.29) is 18.4 Å². The monoisotopic (exact) mass is 393 g/mol. The number of nitrogens with zero attached hydrogens (tertiary/aromatic N) is 1. The smallest absolute Gasteiger partial charge is 0.288 e. The van der Waals surface area contributed by atoms with E-state index >= 15 is 0 Å². The van der Waals surface area contributed by atoms with Crippen molar-refractivity contribution in [3.8, 4) is 0 Å². The van der Waals surface area contributed by atoms with Gasteiger partial charge in [0, 0.05) is 32.0 Å². The maximum absolute atomic E-state index is 13.1. The Bertz CT molecular complexity index is 610. The Morgan fingerprint density at radius 2 is 2.15 bits per heavy atom. The first-order chi connectivity index (χ1) is 13.2. The SMILES string of the molecule is CN(C(=O)C1=CC(c2ccsc2)CC(OCCCCO)O1)C1CCCCC1. The minimum absolute atomic E-state index is 0.0363. The molecule has 0 spiro atoms. The number of hydrogen-bond acceptors (Lipinski definition) is 5. The molecule has 2 unspecified atom stereocenters. The molecular formula is C21H31NO4S. The second-order valence-corrected chi connectivity index (χ2v) is 8.27. The van der Waals surface area contributed by atoms with E-state index in [1.54, 1.807) is 11.3 Å². The Morgan fingerprint density at radius 3 is 2.85 bits per heavy atom. The van der Waals surface area contributed by atoms with Crippen LogP contribution in [0, 0.1) is 0 Å². The fraction of sp³-hybridized carbons (Fsp3) is 0.667. The largest absolute Gasteiger partial charge is 0.459 e. The van der Waals surface area contributed by atoms with Gasteiger partial charge < -0.3 is 19.5 Å². The molecule has 1 aromatic heterocycles. The number of aliphatic hydroxyl groups excluding tert-OH is 1. The van der Waals surface area contributed by atoms with Crippen LogP contribution >= 0.6 is 11.3 Å². The highest BCUT2D eigenvalue weighted by atomic mass is 32.1. The number of thiophene rings is 1. The average molecular weight is 394 g/mol. The molecule has 3 rings (SSSR count). The van der Waals surface area contributed by atoms with Crippen LogP contribution in [0.1, 0.15) is 62.8 Å². The Hall–Kier alpha value is -1.37. The maximum Gasteiger partial charge on any atom is 0.288 e. The molecule has 0 aromatic carbocycles. The number of likely N-dealkylation sites (N-methyl/N-ethyl adjacent to an activating group) is 1. The summed E-state index contributed by atoms with van der Waals surface area (Å²) in [7, 11) is 1.90. The van der Waals surface area contributed by atoms with Gasteiger partial charge in [-0.2, -0.15) is 11.3 Å². The summed E-state index contributed by atoms with van der Waals surface area (Å²) in [6.45, 7) is 0.698. The zero-order valence-electron chi connectivity index (χ0n) is 16.1. The highest BCUT2D eigenvalue weighted by molar-refractivity contribution is 7.08. The minimum Gasteiger partial charge on any atom is -0.459 e. The minimum atomic E-state index is -0.419. The predicted molar refractivity (Wildman–Crippen MR) is 107 cm³/mol. The molecule has 150 valence electrons. The van der Waals surface area contributed by atoms with Crippen molar-refractivity contribution in [1.82, 2.24) is 4.90 Å². The molecule has 0 saturated heterocycles. The summed E-state index contributed by atoms with van der Waals surface area (Å²) in [5.74, 6) is 0.509. The molecule has 2 heterocycles. The number of carbonyl (C=O) groups excluding carboxylic acids is 1. The summed E-state index contributed by atoms with van der Waals surface area (Å²) in [5, 5.41) is 13.1. The van der Waals surface area contributed by atoms with Gasteiger partial charge in [-0.15, -0.1) is 0 Å². The lowest BCUT2D eigenvalue weighted by Gasteiger charge is -2.34. The fourth-order valence-corrected chi connectivity index (χ4v) is 4.59. The molecule has 1 aromatic rings.